The number of halogens is 1. The molecule has 1 aliphatic rings. The van der Waals surface area contributed by atoms with E-state index >= 15 is 0 Å². The van der Waals surface area contributed by atoms with Gasteiger partial charge in [0.15, 0.2) is 5.82 Å². The van der Waals surface area contributed by atoms with Crippen LogP contribution in [0.2, 0.25) is 0 Å². The lowest BCUT2D eigenvalue weighted by atomic mass is 9.93. The van der Waals surface area contributed by atoms with Gasteiger partial charge in [-0.2, -0.15) is 0 Å². The van der Waals surface area contributed by atoms with E-state index in [0.717, 1.165) is 50.9 Å². The maximum absolute atomic E-state index is 12.8. The molecular weight excluding hydrogens is 347 g/mol. The Morgan fingerprint density at radius 1 is 1.11 bits per heavy atom. The van der Waals surface area contributed by atoms with Gasteiger partial charge in [0, 0.05) is 12.6 Å². The molecule has 0 aliphatic heterocycles. The van der Waals surface area contributed by atoms with E-state index in [1.54, 1.807) is 0 Å². The predicted octanol–water partition coefficient (Wildman–Crippen LogP) is 3.24. The first-order valence-electron chi connectivity index (χ1n) is 9.41. The zero-order valence-electron chi connectivity index (χ0n) is 15.2. The fraction of sp³-hybridized carbons (Fsp3) is 0.450. The number of nitrogens with zero attached hydrogens (tertiary/aromatic N) is 2. The molecule has 0 bridgehead atoms. The maximum atomic E-state index is 12.8. The fourth-order valence-electron chi connectivity index (χ4n) is 3.21. The van der Waals surface area contributed by atoms with Crippen LogP contribution in [0.15, 0.2) is 42.7 Å². The van der Waals surface area contributed by atoms with Gasteiger partial charge in [-0.3, -0.25) is 0 Å². The highest BCUT2D eigenvalue weighted by Gasteiger charge is 2.24. The minimum Gasteiger partial charge on any atom is -0.460 e. The van der Waals surface area contributed by atoms with Gasteiger partial charge >= 0.3 is 12.0 Å². The molecule has 0 saturated heterocycles. The van der Waals surface area contributed by atoms with E-state index in [4.69, 9.17) is 4.74 Å². The maximum Gasteiger partial charge on any atom is 0.316 e. The van der Waals surface area contributed by atoms with Crippen LogP contribution in [0.5, 0.6) is 6.01 Å². The largest absolute Gasteiger partial charge is 0.460 e. The Kier molecular flexibility index (Phi) is 6.96. The normalized spacial score (nSPS) is 19.3. The van der Waals surface area contributed by atoms with Gasteiger partial charge in [-0.1, -0.05) is 30.3 Å². The first-order valence-corrected chi connectivity index (χ1v) is 9.41. The Morgan fingerprint density at radius 2 is 1.81 bits per heavy atom. The van der Waals surface area contributed by atoms with Crippen molar-refractivity contribution in [2.24, 2.45) is 0 Å². The van der Waals surface area contributed by atoms with E-state index in [1.807, 2.05) is 18.2 Å². The van der Waals surface area contributed by atoms with Crippen molar-refractivity contribution in [1.29, 1.82) is 0 Å². The predicted molar refractivity (Wildman–Crippen MR) is 100.0 cm³/mol. The molecule has 2 N–H and O–H groups in total. The second-order valence-corrected chi connectivity index (χ2v) is 6.76. The third-order valence-electron chi connectivity index (χ3n) is 4.65. The van der Waals surface area contributed by atoms with Crippen LogP contribution in [0, 0.1) is 5.82 Å². The first kappa shape index (κ1) is 19.1. The molecule has 1 fully saturated rings. The average Bonchev–Trinajstić information content (AvgIpc) is 2.69. The van der Waals surface area contributed by atoms with Crippen molar-refractivity contribution in [2.75, 3.05) is 6.54 Å². The van der Waals surface area contributed by atoms with Crippen LogP contribution >= 0.6 is 0 Å². The number of ether oxygens (including phenoxy) is 1. The van der Waals surface area contributed by atoms with Crippen LogP contribution in [0.1, 0.15) is 37.7 Å². The monoisotopic (exact) mass is 372 g/mol. The standard InChI is InChI=1S/C20H25FN4O2/c21-16-13-23-20(24-14-16)27-18-10-8-17(9-11-18)25-19(26)22-12-4-7-15-5-2-1-3-6-15/h1-3,5-6,13-14,17-18H,4,7-12H2,(H2,22,25,26). The Morgan fingerprint density at radius 3 is 2.52 bits per heavy atom. The van der Waals surface area contributed by atoms with E-state index in [0.29, 0.717) is 6.54 Å². The minimum absolute atomic E-state index is 0.00226. The number of carbonyl (C=O) groups excluding carboxylic acids is 1. The Balaban J connectivity index is 1.29. The third kappa shape index (κ3) is 6.51. The zero-order valence-corrected chi connectivity index (χ0v) is 15.2. The fourth-order valence-corrected chi connectivity index (χ4v) is 3.21. The Bertz CT molecular complexity index is 704. The molecule has 1 aromatic carbocycles. The Labute approximate surface area is 158 Å². The molecule has 7 heteroatoms. The lowest BCUT2D eigenvalue weighted by Crippen LogP contribution is -2.45. The molecule has 6 nitrogen and oxygen atoms in total. The summed E-state index contributed by atoms with van der Waals surface area (Å²) >= 11 is 0. The smallest absolute Gasteiger partial charge is 0.316 e. The number of aryl methyl sites for hydroxylation is 1. The quantitative estimate of drug-likeness (QED) is 0.732. The lowest BCUT2D eigenvalue weighted by Gasteiger charge is -2.28. The average molecular weight is 372 g/mol. The van der Waals surface area contributed by atoms with Gasteiger partial charge in [0.1, 0.15) is 6.10 Å². The molecule has 1 saturated carbocycles. The highest BCUT2D eigenvalue weighted by atomic mass is 19.1. The SMILES string of the molecule is O=C(NCCCc1ccccc1)NC1CCC(Oc2ncc(F)cn2)CC1. The molecule has 144 valence electrons. The number of hydrogen-bond acceptors (Lipinski definition) is 4. The van der Waals surface area contributed by atoms with Crippen molar-refractivity contribution in [3.63, 3.8) is 0 Å². The molecule has 1 aromatic heterocycles. The number of hydrogen-bond donors (Lipinski definition) is 2. The van der Waals surface area contributed by atoms with Crippen molar-refractivity contribution in [3.8, 4) is 6.01 Å². The van der Waals surface area contributed by atoms with Crippen LogP contribution in [0.3, 0.4) is 0 Å². The molecule has 0 unspecified atom stereocenters. The van der Waals surface area contributed by atoms with Crippen LogP contribution in [-0.2, 0) is 6.42 Å². The third-order valence-corrected chi connectivity index (χ3v) is 4.65. The van der Waals surface area contributed by atoms with Crippen molar-refractivity contribution in [3.05, 3.63) is 54.1 Å². The zero-order chi connectivity index (χ0) is 18.9. The molecule has 2 aromatic rings. The summed E-state index contributed by atoms with van der Waals surface area (Å²) in [4.78, 5) is 19.6. The summed E-state index contributed by atoms with van der Waals surface area (Å²) in [5.41, 5.74) is 1.28. The molecule has 27 heavy (non-hydrogen) atoms. The number of urea groups is 1. The van der Waals surface area contributed by atoms with Gasteiger partial charge in [0.2, 0.25) is 0 Å². The number of aromatic nitrogens is 2. The van der Waals surface area contributed by atoms with Gasteiger partial charge < -0.3 is 15.4 Å². The van der Waals surface area contributed by atoms with Crippen molar-refractivity contribution < 1.29 is 13.9 Å². The van der Waals surface area contributed by atoms with Gasteiger partial charge in [-0.25, -0.2) is 19.2 Å². The summed E-state index contributed by atoms with van der Waals surface area (Å²) in [6.45, 7) is 0.654. The van der Waals surface area contributed by atoms with E-state index in [-0.39, 0.29) is 24.2 Å². The number of benzene rings is 1. The van der Waals surface area contributed by atoms with Gasteiger partial charge in [0.25, 0.3) is 0 Å². The van der Waals surface area contributed by atoms with Crippen LogP contribution in [-0.4, -0.2) is 34.7 Å². The van der Waals surface area contributed by atoms with Crippen molar-refractivity contribution in [1.82, 2.24) is 20.6 Å². The summed E-state index contributed by atoms with van der Waals surface area (Å²) in [5.74, 6) is -0.481. The molecule has 0 radical (unpaired) electrons. The highest BCUT2D eigenvalue weighted by molar-refractivity contribution is 5.74. The second-order valence-electron chi connectivity index (χ2n) is 6.76. The highest BCUT2D eigenvalue weighted by Crippen LogP contribution is 2.22. The number of rotatable bonds is 7. The number of carbonyl (C=O) groups is 1. The second kappa shape index (κ2) is 9.85. The van der Waals surface area contributed by atoms with E-state index in [2.05, 4.69) is 32.7 Å². The molecule has 1 heterocycles. The number of amides is 2. The molecular formula is C20H25FN4O2. The summed E-state index contributed by atoms with van der Waals surface area (Å²) in [7, 11) is 0. The molecule has 0 atom stereocenters. The van der Waals surface area contributed by atoms with Gasteiger partial charge in [0.05, 0.1) is 12.4 Å². The van der Waals surface area contributed by atoms with Crippen LogP contribution < -0.4 is 15.4 Å². The van der Waals surface area contributed by atoms with Gasteiger partial charge in [-0.15, -0.1) is 0 Å². The number of nitrogens with one attached hydrogen (secondary N) is 2. The Hall–Kier alpha value is -2.70. The molecule has 3 rings (SSSR count). The summed E-state index contributed by atoms with van der Waals surface area (Å²) in [6, 6.07) is 10.5. The summed E-state index contributed by atoms with van der Waals surface area (Å²) in [5, 5.41) is 5.94. The van der Waals surface area contributed by atoms with Crippen LogP contribution in [0.25, 0.3) is 0 Å². The van der Waals surface area contributed by atoms with Crippen molar-refractivity contribution >= 4 is 6.03 Å². The van der Waals surface area contributed by atoms with Crippen LogP contribution in [0.4, 0.5) is 9.18 Å². The minimum atomic E-state index is -0.481. The summed E-state index contributed by atoms with van der Waals surface area (Å²) in [6.07, 6.45) is 7.34. The topological polar surface area (TPSA) is 76.1 Å². The summed E-state index contributed by atoms with van der Waals surface area (Å²) < 4.78 is 18.5. The molecule has 0 spiro atoms. The molecule has 2 amide bonds. The van der Waals surface area contributed by atoms with Crippen molar-refractivity contribution in [2.45, 2.75) is 50.7 Å². The molecule has 1 aliphatic carbocycles. The van der Waals surface area contributed by atoms with E-state index in [9.17, 15) is 9.18 Å². The lowest BCUT2D eigenvalue weighted by molar-refractivity contribution is 0.128. The van der Waals surface area contributed by atoms with E-state index in [1.165, 1.54) is 5.56 Å². The first-order chi connectivity index (χ1) is 13.2. The van der Waals surface area contributed by atoms with E-state index < -0.39 is 5.82 Å². The van der Waals surface area contributed by atoms with Gasteiger partial charge in [-0.05, 0) is 44.1 Å².